The SMILES string of the molecule is CN(C)CCCC1(c2ccccc2)C=C(c2cc(F)ccc2F)CN1C(=O)C(C)(C)O. The minimum absolute atomic E-state index is 0.0834. The van der Waals surface area contributed by atoms with Gasteiger partial charge < -0.3 is 14.9 Å². The van der Waals surface area contributed by atoms with E-state index in [4.69, 9.17) is 0 Å². The van der Waals surface area contributed by atoms with Crippen molar-refractivity contribution < 1.29 is 18.7 Å². The summed E-state index contributed by atoms with van der Waals surface area (Å²) in [4.78, 5) is 17.0. The summed E-state index contributed by atoms with van der Waals surface area (Å²) >= 11 is 0. The summed E-state index contributed by atoms with van der Waals surface area (Å²) in [6, 6.07) is 12.9. The fourth-order valence-electron chi connectivity index (χ4n) is 4.20. The highest BCUT2D eigenvalue weighted by Gasteiger charge is 2.47. The molecule has 0 radical (unpaired) electrons. The van der Waals surface area contributed by atoms with Crippen LogP contribution >= 0.6 is 0 Å². The zero-order valence-corrected chi connectivity index (χ0v) is 18.5. The second-order valence-electron chi connectivity index (χ2n) is 8.94. The molecule has 1 amide bonds. The Balaban J connectivity index is 2.17. The van der Waals surface area contributed by atoms with Gasteiger partial charge in [0.1, 0.15) is 17.2 Å². The highest BCUT2D eigenvalue weighted by molar-refractivity contribution is 5.89. The number of nitrogens with zero attached hydrogens (tertiary/aromatic N) is 2. The van der Waals surface area contributed by atoms with Crippen LogP contribution in [0.1, 0.15) is 37.8 Å². The molecule has 0 spiro atoms. The molecule has 1 atom stereocenters. The lowest BCUT2D eigenvalue weighted by molar-refractivity contribution is -0.152. The third-order valence-electron chi connectivity index (χ3n) is 5.70. The molecule has 166 valence electrons. The molecule has 1 heterocycles. The Morgan fingerprint density at radius 3 is 2.45 bits per heavy atom. The maximum Gasteiger partial charge on any atom is 0.255 e. The van der Waals surface area contributed by atoms with Crippen LogP contribution in [0, 0.1) is 11.6 Å². The van der Waals surface area contributed by atoms with Crippen LogP contribution in [0.25, 0.3) is 5.57 Å². The number of amides is 1. The minimum Gasteiger partial charge on any atom is -0.381 e. The highest BCUT2D eigenvalue weighted by Crippen LogP contribution is 2.45. The van der Waals surface area contributed by atoms with E-state index in [0.717, 1.165) is 36.7 Å². The summed E-state index contributed by atoms with van der Waals surface area (Å²) in [6.07, 6.45) is 3.23. The van der Waals surface area contributed by atoms with Gasteiger partial charge in [0.15, 0.2) is 0 Å². The molecule has 0 fully saturated rings. The summed E-state index contributed by atoms with van der Waals surface area (Å²) in [7, 11) is 3.96. The molecule has 2 aromatic rings. The van der Waals surface area contributed by atoms with E-state index in [2.05, 4.69) is 4.90 Å². The van der Waals surface area contributed by atoms with Gasteiger partial charge in [-0.25, -0.2) is 8.78 Å². The number of carbonyl (C=O) groups excluding carboxylic acids is 1. The number of halogens is 2. The van der Waals surface area contributed by atoms with Crippen molar-refractivity contribution in [3.63, 3.8) is 0 Å². The van der Waals surface area contributed by atoms with E-state index in [1.165, 1.54) is 13.8 Å². The predicted octanol–water partition coefficient (Wildman–Crippen LogP) is 4.20. The summed E-state index contributed by atoms with van der Waals surface area (Å²) in [6.45, 7) is 3.79. The van der Waals surface area contributed by atoms with Gasteiger partial charge in [0, 0.05) is 12.1 Å². The van der Waals surface area contributed by atoms with Crippen LogP contribution in [-0.4, -0.2) is 53.6 Å². The molecule has 0 bridgehead atoms. The second-order valence-corrected chi connectivity index (χ2v) is 8.94. The summed E-state index contributed by atoms with van der Waals surface area (Å²) in [5.41, 5.74) is -0.936. The Morgan fingerprint density at radius 2 is 1.84 bits per heavy atom. The van der Waals surface area contributed by atoms with E-state index < -0.39 is 28.7 Å². The van der Waals surface area contributed by atoms with Crippen molar-refractivity contribution in [2.24, 2.45) is 0 Å². The molecule has 1 aliphatic rings. The van der Waals surface area contributed by atoms with E-state index in [9.17, 15) is 18.7 Å². The fraction of sp³-hybridized carbons (Fsp3) is 0.400. The van der Waals surface area contributed by atoms with Crippen molar-refractivity contribution in [3.8, 4) is 0 Å². The van der Waals surface area contributed by atoms with E-state index in [1.54, 1.807) is 4.90 Å². The lowest BCUT2D eigenvalue weighted by atomic mass is 9.83. The number of aliphatic hydroxyl groups is 1. The quantitative estimate of drug-likeness (QED) is 0.719. The van der Waals surface area contributed by atoms with Crippen LogP contribution in [0.3, 0.4) is 0 Å². The molecule has 1 unspecified atom stereocenters. The molecule has 3 rings (SSSR count). The number of carbonyl (C=O) groups is 1. The van der Waals surface area contributed by atoms with Crippen molar-refractivity contribution in [1.29, 1.82) is 0 Å². The Bertz CT molecular complexity index is 967. The monoisotopic (exact) mass is 428 g/mol. The van der Waals surface area contributed by atoms with Crippen LogP contribution in [-0.2, 0) is 10.3 Å². The molecule has 4 nitrogen and oxygen atoms in total. The largest absolute Gasteiger partial charge is 0.381 e. The minimum atomic E-state index is -1.61. The van der Waals surface area contributed by atoms with Crippen molar-refractivity contribution in [1.82, 2.24) is 9.80 Å². The molecular weight excluding hydrogens is 398 g/mol. The standard InChI is InChI=1S/C25H30F2N2O2/c1-24(2,31)23(30)29-17-18(21-15-20(26)11-12-22(21)27)16-25(29,13-8-14-28(3)4)19-9-6-5-7-10-19/h5-7,9-12,15-16,31H,8,13-14,17H2,1-4H3. The third-order valence-corrected chi connectivity index (χ3v) is 5.70. The maximum absolute atomic E-state index is 14.6. The first-order valence-corrected chi connectivity index (χ1v) is 10.5. The molecule has 1 aliphatic heterocycles. The second kappa shape index (κ2) is 8.89. The molecule has 0 saturated heterocycles. The van der Waals surface area contributed by atoms with Gasteiger partial charge in [0.2, 0.25) is 0 Å². The molecule has 0 aromatic heterocycles. The van der Waals surface area contributed by atoms with Gasteiger partial charge >= 0.3 is 0 Å². The van der Waals surface area contributed by atoms with Crippen LogP contribution in [0.15, 0.2) is 54.6 Å². The first-order chi connectivity index (χ1) is 14.5. The average molecular weight is 429 g/mol. The summed E-state index contributed by atoms with van der Waals surface area (Å²) in [5, 5.41) is 10.5. The molecular formula is C25H30F2N2O2. The van der Waals surface area contributed by atoms with Crippen LogP contribution in [0.5, 0.6) is 0 Å². The van der Waals surface area contributed by atoms with E-state index in [0.29, 0.717) is 12.0 Å². The Hall–Kier alpha value is -2.57. The first kappa shape index (κ1) is 23.1. The fourth-order valence-corrected chi connectivity index (χ4v) is 4.20. The molecule has 6 heteroatoms. The van der Waals surface area contributed by atoms with Gasteiger partial charge in [-0.15, -0.1) is 0 Å². The molecule has 31 heavy (non-hydrogen) atoms. The maximum atomic E-state index is 14.6. The molecule has 0 saturated carbocycles. The van der Waals surface area contributed by atoms with E-state index in [-0.39, 0.29) is 12.1 Å². The van der Waals surface area contributed by atoms with Crippen molar-refractivity contribution in [3.05, 3.63) is 77.4 Å². The number of hydrogen-bond donors (Lipinski definition) is 1. The van der Waals surface area contributed by atoms with Crippen molar-refractivity contribution in [2.75, 3.05) is 27.2 Å². The molecule has 1 N–H and O–H groups in total. The van der Waals surface area contributed by atoms with Gasteiger partial charge in [-0.2, -0.15) is 0 Å². The van der Waals surface area contributed by atoms with E-state index >= 15 is 0 Å². The summed E-state index contributed by atoms with van der Waals surface area (Å²) in [5.74, 6) is -1.53. The van der Waals surface area contributed by atoms with Gasteiger partial charge in [-0.05, 0) is 82.7 Å². The smallest absolute Gasteiger partial charge is 0.255 e. The Morgan fingerprint density at radius 1 is 1.16 bits per heavy atom. The van der Waals surface area contributed by atoms with Crippen LogP contribution in [0.2, 0.25) is 0 Å². The topological polar surface area (TPSA) is 43.8 Å². The zero-order valence-electron chi connectivity index (χ0n) is 18.5. The average Bonchev–Trinajstić information content (AvgIpc) is 3.09. The zero-order chi connectivity index (χ0) is 22.8. The lowest BCUT2D eigenvalue weighted by Crippen LogP contribution is -2.53. The Kier molecular flexibility index (Phi) is 6.62. The Labute approximate surface area is 182 Å². The number of hydrogen-bond acceptors (Lipinski definition) is 3. The van der Waals surface area contributed by atoms with E-state index in [1.807, 2.05) is 50.5 Å². The van der Waals surface area contributed by atoms with Gasteiger partial charge in [-0.3, -0.25) is 4.79 Å². The summed E-state index contributed by atoms with van der Waals surface area (Å²) < 4.78 is 28.6. The normalized spacial score (nSPS) is 19.1. The predicted molar refractivity (Wildman–Crippen MR) is 118 cm³/mol. The first-order valence-electron chi connectivity index (χ1n) is 10.5. The van der Waals surface area contributed by atoms with Crippen LogP contribution in [0.4, 0.5) is 8.78 Å². The molecule has 0 aliphatic carbocycles. The van der Waals surface area contributed by atoms with Gasteiger partial charge in [0.05, 0.1) is 5.54 Å². The molecule has 2 aromatic carbocycles. The highest BCUT2D eigenvalue weighted by atomic mass is 19.1. The van der Waals surface area contributed by atoms with Gasteiger partial charge in [0.25, 0.3) is 5.91 Å². The number of rotatable bonds is 7. The van der Waals surface area contributed by atoms with Crippen LogP contribution < -0.4 is 0 Å². The lowest BCUT2D eigenvalue weighted by Gasteiger charge is -2.41. The van der Waals surface area contributed by atoms with Crippen molar-refractivity contribution in [2.45, 2.75) is 37.8 Å². The van der Waals surface area contributed by atoms with Crippen molar-refractivity contribution >= 4 is 11.5 Å². The number of benzene rings is 2. The third kappa shape index (κ3) is 4.86. The van der Waals surface area contributed by atoms with Gasteiger partial charge in [-0.1, -0.05) is 30.3 Å².